The van der Waals surface area contributed by atoms with Gasteiger partial charge in [-0.25, -0.2) is 0 Å². The molecule has 68 heavy (non-hydrogen) atoms. The Hall–Kier alpha value is -4.22. The molecule has 1 atom stereocenters. The van der Waals surface area contributed by atoms with E-state index in [-0.39, 0.29) is 31.6 Å². The molecule has 0 fully saturated rings. The molecule has 0 spiro atoms. The summed E-state index contributed by atoms with van der Waals surface area (Å²) in [4.78, 5) is 24.5. The van der Waals surface area contributed by atoms with Crippen LogP contribution in [0.25, 0.3) is 0 Å². The fraction of sp³-hybridized carbons (Fsp3) is 0.587. The molecule has 0 radical (unpaired) electrons. The Labute approximate surface area is 418 Å². The number of aliphatic hydroxyl groups is 1. The van der Waals surface area contributed by atoms with E-state index in [0.717, 1.165) is 103 Å². The van der Waals surface area contributed by atoms with Gasteiger partial charge in [-0.3, -0.25) is 9.59 Å². The maximum absolute atomic E-state index is 12.3. The van der Waals surface area contributed by atoms with Gasteiger partial charge in [0.05, 0.1) is 6.61 Å². The Kier molecular flexibility index (Phi) is 53.6. The summed E-state index contributed by atoms with van der Waals surface area (Å²) in [6, 6.07) is 0. The van der Waals surface area contributed by atoms with Crippen LogP contribution in [0, 0.1) is 0 Å². The highest BCUT2D eigenvalue weighted by atomic mass is 16.6. The predicted octanol–water partition coefficient (Wildman–Crippen LogP) is 18.6. The van der Waals surface area contributed by atoms with Crippen LogP contribution in [0.15, 0.2) is 146 Å². The standard InChI is InChI=1S/C63H100O5/c1-3-5-7-9-11-13-15-17-19-21-23-25-27-28-29-30-31-32-33-34-36-37-39-41-43-45-47-49-51-53-55-57-62(65)67-60-61(59-64)68-63(66)58-56-54-52-50-48-46-44-42-40-38-35-26-24-22-20-18-16-14-12-10-8-6-4-2/h5-8,11-14,17-20,23-26,28-29,38,40,44,46,50,52,61,64H,3-4,9-10,15-16,21-22,27,30-37,39,41-43,45,47-49,51,53-60H2,1-2H3/b7-5-,8-6-,13-11-,14-12-,19-17-,20-18-,25-23-,26-24-,29-28-,40-38-,46-44-,52-50-. The molecule has 382 valence electrons. The van der Waals surface area contributed by atoms with Crippen molar-refractivity contribution in [3.8, 4) is 0 Å². The van der Waals surface area contributed by atoms with Crippen molar-refractivity contribution in [2.24, 2.45) is 0 Å². The summed E-state index contributed by atoms with van der Waals surface area (Å²) in [5.74, 6) is -0.668. The SMILES string of the molecule is CC/C=C\C/C=C\C/C=C\C/C=C\C/C=C\C/C=C\C/C=C\CCCC(=O)OC(CO)COC(=O)CCCCCCCCCCCCCCCCC/C=C\C/C=C\C/C=C\C/C=C\C/C=C\CC. The van der Waals surface area contributed by atoms with Gasteiger partial charge in [-0.05, 0) is 109 Å². The Morgan fingerprint density at radius 3 is 0.926 bits per heavy atom. The van der Waals surface area contributed by atoms with Gasteiger partial charge in [0.25, 0.3) is 0 Å². The average Bonchev–Trinajstić information content (AvgIpc) is 3.34. The van der Waals surface area contributed by atoms with E-state index in [1.165, 1.54) is 83.5 Å². The molecule has 0 aromatic rings. The smallest absolute Gasteiger partial charge is 0.306 e. The van der Waals surface area contributed by atoms with Gasteiger partial charge in [-0.15, -0.1) is 0 Å². The lowest BCUT2D eigenvalue weighted by molar-refractivity contribution is -0.161. The van der Waals surface area contributed by atoms with Crippen LogP contribution in [-0.4, -0.2) is 36.4 Å². The number of carbonyl (C=O) groups is 2. The zero-order chi connectivity index (χ0) is 49.2. The Morgan fingerprint density at radius 2 is 0.603 bits per heavy atom. The number of aliphatic hydroxyl groups excluding tert-OH is 1. The second-order valence-corrected chi connectivity index (χ2v) is 17.5. The lowest BCUT2D eigenvalue weighted by Crippen LogP contribution is -2.28. The molecule has 0 saturated heterocycles. The van der Waals surface area contributed by atoms with Crippen LogP contribution in [0.3, 0.4) is 0 Å². The summed E-state index contributed by atoms with van der Waals surface area (Å²) in [7, 11) is 0. The zero-order valence-corrected chi connectivity index (χ0v) is 43.6. The first-order valence-corrected chi connectivity index (χ1v) is 27.4. The molecule has 1 unspecified atom stereocenters. The van der Waals surface area contributed by atoms with Crippen molar-refractivity contribution in [2.75, 3.05) is 13.2 Å². The summed E-state index contributed by atoms with van der Waals surface area (Å²) < 4.78 is 10.6. The first kappa shape index (κ1) is 63.8. The minimum Gasteiger partial charge on any atom is -0.462 e. The van der Waals surface area contributed by atoms with Crippen molar-refractivity contribution in [3.05, 3.63) is 146 Å². The second-order valence-electron chi connectivity index (χ2n) is 17.5. The van der Waals surface area contributed by atoms with E-state index >= 15 is 0 Å². The molecule has 0 aliphatic rings. The monoisotopic (exact) mass is 937 g/mol. The quantitative estimate of drug-likeness (QED) is 0.0374. The summed E-state index contributed by atoms with van der Waals surface area (Å²) in [5, 5.41) is 9.64. The van der Waals surface area contributed by atoms with Gasteiger partial charge in [-0.2, -0.15) is 0 Å². The molecule has 0 aliphatic carbocycles. The van der Waals surface area contributed by atoms with Crippen molar-refractivity contribution in [3.63, 3.8) is 0 Å². The van der Waals surface area contributed by atoms with E-state index in [0.29, 0.717) is 12.8 Å². The molecule has 0 aromatic heterocycles. The van der Waals surface area contributed by atoms with E-state index in [1.54, 1.807) is 0 Å². The van der Waals surface area contributed by atoms with Gasteiger partial charge in [0, 0.05) is 12.8 Å². The van der Waals surface area contributed by atoms with Gasteiger partial charge in [0.15, 0.2) is 6.10 Å². The van der Waals surface area contributed by atoms with Crippen LogP contribution in [0.2, 0.25) is 0 Å². The molecule has 0 aromatic carbocycles. The number of esters is 2. The summed E-state index contributed by atoms with van der Waals surface area (Å²) in [6.45, 7) is 3.86. The summed E-state index contributed by atoms with van der Waals surface area (Å²) >= 11 is 0. The van der Waals surface area contributed by atoms with E-state index < -0.39 is 6.10 Å². The number of unbranched alkanes of at least 4 members (excludes halogenated alkanes) is 16. The summed E-state index contributed by atoms with van der Waals surface area (Å²) in [6.07, 6.45) is 86.7. The first-order chi connectivity index (χ1) is 33.6. The van der Waals surface area contributed by atoms with Crippen molar-refractivity contribution < 1.29 is 24.2 Å². The van der Waals surface area contributed by atoms with E-state index in [2.05, 4.69) is 160 Å². The average molecular weight is 937 g/mol. The van der Waals surface area contributed by atoms with Crippen molar-refractivity contribution >= 4 is 11.9 Å². The number of hydrogen-bond acceptors (Lipinski definition) is 5. The first-order valence-electron chi connectivity index (χ1n) is 27.4. The van der Waals surface area contributed by atoms with Crippen molar-refractivity contribution in [1.29, 1.82) is 0 Å². The van der Waals surface area contributed by atoms with Crippen LogP contribution in [0.1, 0.15) is 219 Å². The number of carbonyl (C=O) groups excluding carboxylic acids is 2. The molecule has 0 rings (SSSR count). The fourth-order valence-corrected chi connectivity index (χ4v) is 7.10. The molecule has 5 nitrogen and oxygen atoms in total. The van der Waals surface area contributed by atoms with Crippen molar-refractivity contribution in [2.45, 2.75) is 225 Å². The summed E-state index contributed by atoms with van der Waals surface area (Å²) in [5.41, 5.74) is 0. The van der Waals surface area contributed by atoms with Crippen LogP contribution in [0.4, 0.5) is 0 Å². The number of rotatable bonds is 48. The van der Waals surface area contributed by atoms with Crippen LogP contribution >= 0.6 is 0 Å². The molecule has 5 heteroatoms. The molecular weight excluding hydrogens is 837 g/mol. The molecule has 0 aliphatic heterocycles. The highest BCUT2D eigenvalue weighted by Gasteiger charge is 2.16. The highest BCUT2D eigenvalue weighted by Crippen LogP contribution is 2.15. The van der Waals surface area contributed by atoms with E-state index in [4.69, 9.17) is 9.47 Å². The van der Waals surface area contributed by atoms with Gasteiger partial charge >= 0.3 is 11.9 Å². The molecule has 1 N–H and O–H groups in total. The Bertz CT molecular complexity index is 1480. The highest BCUT2D eigenvalue weighted by molar-refractivity contribution is 5.70. The molecule has 0 heterocycles. The maximum Gasteiger partial charge on any atom is 0.306 e. The second kappa shape index (κ2) is 57.1. The largest absolute Gasteiger partial charge is 0.462 e. The third kappa shape index (κ3) is 54.4. The minimum absolute atomic E-state index is 0.0979. The lowest BCUT2D eigenvalue weighted by atomic mass is 10.0. The predicted molar refractivity (Wildman–Crippen MR) is 297 cm³/mol. The van der Waals surface area contributed by atoms with Gasteiger partial charge in [0.2, 0.25) is 0 Å². The molecule has 0 bridgehead atoms. The van der Waals surface area contributed by atoms with Crippen molar-refractivity contribution in [1.82, 2.24) is 0 Å². The number of hydrogen-bond donors (Lipinski definition) is 1. The third-order valence-electron chi connectivity index (χ3n) is 11.1. The molecule has 0 amide bonds. The molecule has 0 saturated carbocycles. The number of ether oxygens (including phenoxy) is 2. The van der Waals surface area contributed by atoms with Crippen LogP contribution in [0.5, 0.6) is 0 Å². The normalized spacial score (nSPS) is 13.4. The van der Waals surface area contributed by atoms with E-state index in [9.17, 15) is 14.7 Å². The van der Waals surface area contributed by atoms with Gasteiger partial charge in [-0.1, -0.05) is 243 Å². The fourth-order valence-electron chi connectivity index (χ4n) is 7.10. The Morgan fingerprint density at radius 1 is 0.338 bits per heavy atom. The van der Waals surface area contributed by atoms with Crippen LogP contribution < -0.4 is 0 Å². The third-order valence-corrected chi connectivity index (χ3v) is 11.1. The topological polar surface area (TPSA) is 72.8 Å². The van der Waals surface area contributed by atoms with Gasteiger partial charge in [0.1, 0.15) is 6.61 Å². The maximum atomic E-state index is 12.3. The van der Waals surface area contributed by atoms with Gasteiger partial charge < -0.3 is 14.6 Å². The van der Waals surface area contributed by atoms with E-state index in [1.807, 2.05) is 0 Å². The lowest BCUT2D eigenvalue weighted by Gasteiger charge is -2.15. The van der Waals surface area contributed by atoms with Crippen LogP contribution in [-0.2, 0) is 19.1 Å². The minimum atomic E-state index is -0.814. The molecular formula is C63H100O5. The Balaban J connectivity index is 3.61. The number of allylic oxidation sites excluding steroid dienone is 24. The zero-order valence-electron chi connectivity index (χ0n) is 43.6.